The van der Waals surface area contributed by atoms with Crippen LogP contribution in [-0.4, -0.2) is 48.3 Å². The Morgan fingerprint density at radius 3 is 2.29 bits per heavy atom. The average molecular weight is 450 g/mol. The van der Waals surface area contributed by atoms with E-state index in [9.17, 15) is 9.90 Å². The van der Waals surface area contributed by atoms with Crippen LogP contribution in [0.15, 0.2) is 27.7 Å². The second kappa shape index (κ2) is 9.08. The number of phenolic OH excluding ortho intramolecular Hbond substituents is 1. The average Bonchev–Trinajstić information content (AvgIpc) is 3.14. The Morgan fingerprint density at radius 1 is 1.16 bits per heavy atom. The van der Waals surface area contributed by atoms with Crippen molar-refractivity contribution in [2.24, 2.45) is 0 Å². The Kier molecular flexibility index (Phi) is 6.85. The normalized spacial score (nSPS) is 15.2. The highest BCUT2D eigenvalue weighted by Gasteiger charge is 2.27. The zero-order valence-electron chi connectivity index (χ0n) is 19.2. The molecule has 3 rings (SSSR count). The van der Waals surface area contributed by atoms with Gasteiger partial charge in [-0.3, -0.25) is 14.6 Å². The van der Waals surface area contributed by atoms with Crippen LogP contribution in [-0.2, 0) is 20.4 Å². The van der Waals surface area contributed by atoms with Crippen LogP contribution in [0.25, 0.3) is 0 Å². The van der Waals surface area contributed by atoms with Gasteiger partial charge in [0.05, 0.1) is 36.8 Å². The number of benzene rings is 1. The maximum Gasteiger partial charge on any atom is 0.305 e. The lowest BCUT2D eigenvalue weighted by Gasteiger charge is -2.28. The maximum atomic E-state index is 12.5. The van der Waals surface area contributed by atoms with Crippen LogP contribution in [0.5, 0.6) is 5.75 Å². The second-order valence-electron chi connectivity index (χ2n) is 9.76. The lowest BCUT2D eigenvalue weighted by molar-refractivity contribution is -0.759. The molecule has 1 aromatic carbocycles. The largest absolute Gasteiger partial charge is 0.507 e. The Morgan fingerprint density at radius 2 is 1.74 bits per heavy atom. The third kappa shape index (κ3) is 5.92. The summed E-state index contributed by atoms with van der Waals surface area (Å²) >= 11 is 1.43. The molecule has 0 radical (unpaired) electrons. The fourth-order valence-electron chi connectivity index (χ4n) is 3.34. The highest BCUT2D eigenvalue weighted by Crippen LogP contribution is 2.41. The fourth-order valence-corrected chi connectivity index (χ4v) is 4.11. The van der Waals surface area contributed by atoms with Crippen LogP contribution in [0, 0.1) is 0 Å². The molecule has 1 fully saturated rings. The highest BCUT2D eigenvalue weighted by molar-refractivity contribution is 8.00. The first kappa shape index (κ1) is 23.4. The predicted molar refractivity (Wildman–Crippen MR) is 120 cm³/mol. The van der Waals surface area contributed by atoms with E-state index >= 15 is 0 Å². The van der Waals surface area contributed by atoms with Crippen molar-refractivity contribution in [1.29, 1.82) is 0 Å². The van der Waals surface area contributed by atoms with Crippen molar-refractivity contribution in [3.05, 3.63) is 29.5 Å². The first-order valence-electron chi connectivity index (χ1n) is 10.5. The summed E-state index contributed by atoms with van der Waals surface area (Å²) in [5.74, 6) is 0.672. The summed E-state index contributed by atoms with van der Waals surface area (Å²) in [7, 11) is 0. The number of hydrogen-bond acceptors (Lipinski definition) is 7. The summed E-state index contributed by atoms with van der Waals surface area (Å²) in [6, 6.07) is 3.95. The maximum absolute atomic E-state index is 12.5. The summed E-state index contributed by atoms with van der Waals surface area (Å²) in [6.07, 6.45) is 1.66. The monoisotopic (exact) mass is 449 g/mol. The molecule has 0 atom stereocenters. The molecule has 170 valence electrons. The number of anilines is 1. The standard InChI is InChI=1S/C22H32N4O4S/c1-21(2,3)16-11-15(12-17(20(16)28)22(4,5)6)31-14-18(27)23-19-13-26(24-30-19)25-7-9-29-10-8-25/h11-13H,7-10,14H2,1-6H3,(H-,23,24,27,28)/p+1. The van der Waals surface area contributed by atoms with E-state index in [-0.39, 0.29) is 22.5 Å². The van der Waals surface area contributed by atoms with Crippen molar-refractivity contribution >= 4 is 23.6 Å². The van der Waals surface area contributed by atoms with Gasteiger partial charge in [0.25, 0.3) is 6.20 Å². The summed E-state index contributed by atoms with van der Waals surface area (Å²) in [5.41, 5.74) is 1.33. The lowest BCUT2D eigenvalue weighted by Crippen LogP contribution is -2.62. The highest BCUT2D eigenvalue weighted by atomic mass is 32.2. The number of amides is 1. The lowest BCUT2D eigenvalue weighted by atomic mass is 9.79. The number of rotatable bonds is 5. The quantitative estimate of drug-likeness (QED) is 0.536. The van der Waals surface area contributed by atoms with Crippen LogP contribution in [0.1, 0.15) is 52.7 Å². The van der Waals surface area contributed by atoms with Gasteiger partial charge < -0.3 is 9.84 Å². The Labute approximate surface area is 187 Å². The number of ether oxygens (including phenoxy) is 1. The van der Waals surface area contributed by atoms with E-state index in [1.807, 2.05) is 17.1 Å². The molecule has 1 aliphatic rings. The van der Waals surface area contributed by atoms with E-state index in [0.717, 1.165) is 16.0 Å². The molecule has 0 bridgehead atoms. The number of hydrogen-bond donors (Lipinski definition) is 2. The van der Waals surface area contributed by atoms with Crippen molar-refractivity contribution in [3.63, 3.8) is 0 Å². The molecule has 0 spiro atoms. The van der Waals surface area contributed by atoms with Gasteiger partial charge in [-0.15, -0.1) is 16.8 Å². The minimum absolute atomic E-state index is 0.182. The second-order valence-corrected chi connectivity index (χ2v) is 10.8. The molecule has 31 heavy (non-hydrogen) atoms. The minimum Gasteiger partial charge on any atom is -0.507 e. The predicted octanol–water partition coefficient (Wildman–Crippen LogP) is 2.96. The van der Waals surface area contributed by atoms with Crippen molar-refractivity contribution in [1.82, 2.24) is 5.27 Å². The first-order chi connectivity index (χ1) is 14.4. The molecule has 1 saturated heterocycles. The Bertz CT molecular complexity index is 889. The van der Waals surface area contributed by atoms with E-state index in [1.54, 1.807) is 11.0 Å². The molecule has 8 nitrogen and oxygen atoms in total. The van der Waals surface area contributed by atoms with Gasteiger partial charge >= 0.3 is 5.88 Å². The SMILES string of the molecule is CC(C)(C)c1cc(SCC(=O)Nc2c[n+](N3CCOCC3)no2)cc(C(C)(C)C)c1O. The van der Waals surface area contributed by atoms with E-state index in [1.165, 1.54) is 11.8 Å². The van der Waals surface area contributed by atoms with Crippen LogP contribution >= 0.6 is 11.8 Å². The summed E-state index contributed by atoms with van der Waals surface area (Å²) < 4.78 is 10.6. The van der Waals surface area contributed by atoms with Gasteiger partial charge in [0, 0.05) is 16.0 Å². The van der Waals surface area contributed by atoms with Crippen molar-refractivity contribution < 1.29 is 24.0 Å². The minimum atomic E-state index is -0.212. The molecule has 0 unspecified atom stereocenters. The van der Waals surface area contributed by atoms with Gasteiger partial charge in [-0.1, -0.05) is 41.5 Å². The number of aromatic nitrogens is 2. The number of carbonyl (C=O) groups excluding carboxylic acids is 1. The number of morpholine rings is 1. The van der Waals surface area contributed by atoms with E-state index in [2.05, 4.69) is 52.1 Å². The molecular weight excluding hydrogens is 416 g/mol. The molecule has 9 heteroatoms. The molecule has 1 aromatic heterocycles. The van der Waals surface area contributed by atoms with E-state index in [0.29, 0.717) is 37.9 Å². The molecule has 0 saturated carbocycles. The van der Waals surface area contributed by atoms with Gasteiger partial charge in [0.1, 0.15) is 5.75 Å². The number of nitrogens with zero attached hydrogens (tertiary/aromatic N) is 3. The summed E-state index contributed by atoms with van der Waals surface area (Å²) in [5, 5.41) is 19.5. The van der Waals surface area contributed by atoms with Crippen LogP contribution in [0.3, 0.4) is 0 Å². The fraction of sp³-hybridized carbons (Fsp3) is 0.591. The first-order valence-corrected chi connectivity index (χ1v) is 11.5. The van der Waals surface area contributed by atoms with Gasteiger partial charge in [0.2, 0.25) is 11.2 Å². The Hall–Kier alpha value is -2.26. The van der Waals surface area contributed by atoms with Crippen molar-refractivity contribution in [2.75, 3.05) is 42.4 Å². The van der Waals surface area contributed by atoms with Crippen molar-refractivity contribution in [3.8, 4) is 5.75 Å². The number of aromatic hydroxyl groups is 1. The van der Waals surface area contributed by atoms with Crippen molar-refractivity contribution in [2.45, 2.75) is 57.3 Å². The van der Waals surface area contributed by atoms with Gasteiger partial charge in [-0.25, -0.2) is 0 Å². The Balaban J connectivity index is 1.68. The zero-order chi connectivity index (χ0) is 22.8. The van der Waals surface area contributed by atoms with Crippen LogP contribution in [0.2, 0.25) is 0 Å². The van der Waals surface area contributed by atoms with E-state index < -0.39 is 0 Å². The topological polar surface area (TPSA) is 91.7 Å². The number of thioether (sulfide) groups is 1. The molecule has 2 N–H and O–H groups in total. The molecule has 2 heterocycles. The molecule has 0 aliphatic carbocycles. The van der Waals surface area contributed by atoms with Crippen LogP contribution in [0.4, 0.5) is 5.88 Å². The summed E-state index contributed by atoms with van der Waals surface area (Å²) in [4.78, 5) is 15.0. The zero-order valence-corrected chi connectivity index (χ0v) is 20.0. The van der Waals surface area contributed by atoms with E-state index in [4.69, 9.17) is 9.26 Å². The smallest absolute Gasteiger partial charge is 0.305 e. The van der Waals surface area contributed by atoms with Gasteiger partial charge in [-0.2, -0.15) is 0 Å². The van der Waals surface area contributed by atoms with Gasteiger partial charge in [0.15, 0.2) is 0 Å². The van der Waals surface area contributed by atoms with Crippen LogP contribution < -0.4 is 15.1 Å². The third-order valence-electron chi connectivity index (χ3n) is 5.06. The molecular formula is C22H33N4O4S+. The third-order valence-corrected chi connectivity index (χ3v) is 6.04. The molecule has 2 aromatic rings. The number of carbonyl (C=O) groups is 1. The number of nitrogens with one attached hydrogen (secondary N) is 1. The summed E-state index contributed by atoms with van der Waals surface area (Å²) in [6.45, 7) is 15.1. The molecule has 1 amide bonds. The van der Waals surface area contributed by atoms with Gasteiger partial charge in [-0.05, 0) is 23.0 Å². The number of phenols is 1. The molecule has 1 aliphatic heterocycles.